The molecule has 0 aliphatic heterocycles. The zero-order chi connectivity index (χ0) is 14.4. The van der Waals surface area contributed by atoms with Crippen molar-refractivity contribution in [3.05, 3.63) is 66.2 Å². The van der Waals surface area contributed by atoms with E-state index in [1.54, 1.807) is 0 Å². The predicted octanol–water partition coefficient (Wildman–Crippen LogP) is 3.36. The molecular formula is C17H20N2O. The number of hydrogen-bond acceptors (Lipinski definition) is 2. The molecule has 3 nitrogen and oxygen atoms in total. The van der Waals surface area contributed by atoms with E-state index < -0.39 is 0 Å². The first-order valence-corrected chi connectivity index (χ1v) is 6.83. The molecule has 0 radical (unpaired) electrons. The molecule has 0 heterocycles. The molecule has 2 aromatic rings. The average Bonchev–Trinajstić information content (AvgIpc) is 2.46. The molecule has 0 aromatic heterocycles. The van der Waals surface area contributed by atoms with E-state index in [1.807, 2.05) is 74.5 Å². The van der Waals surface area contributed by atoms with Crippen molar-refractivity contribution in [1.82, 2.24) is 5.32 Å². The summed E-state index contributed by atoms with van der Waals surface area (Å²) in [6.07, 6.45) is 0. The lowest BCUT2D eigenvalue weighted by Crippen LogP contribution is -2.37. The van der Waals surface area contributed by atoms with Crippen LogP contribution in [0, 0.1) is 0 Å². The van der Waals surface area contributed by atoms with Crippen LogP contribution >= 0.6 is 0 Å². The fourth-order valence-electron chi connectivity index (χ4n) is 2.01. The van der Waals surface area contributed by atoms with Crippen molar-refractivity contribution in [2.75, 3.05) is 5.32 Å². The minimum absolute atomic E-state index is 0.0185. The highest BCUT2D eigenvalue weighted by molar-refractivity contribution is 5.86. The van der Waals surface area contributed by atoms with Gasteiger partial charge in [-0.05, 0) is 31.5 Å². The summed E-state index contributed by atoms with van der Waals surface area (Å²) in [5.41, 5.74) is 1.88. The van der Waals surface area contributed by atoms with Gasteiger partial charge in [-0.25, -0.2) is 0 Å². The van der Waals surface area contributed by atoms with Crippen molar-refractivity contribution < 1.29 is 4.79 Å². The van der Waals surface area contributed by atoms with Gasteiger partial charge in [0.1, 0.15) is 6.04 Å². The molecular weight excluding hydrogens is 248 g/mol. The van der Waals surface area contributed by atoms with E-state index >= 15 is 0 Å². The van der Waals surface area contributed by atoms with Crippen LogP contribution < -0.4 is 10.6 Å². The van der Waals surface area contributed by atoms with Gasteiger partial charge in [-0.15, -0.1) is 0 Å². The van der Waals surface area contributed by atoms with Crippen LogP contribution in [0.3, 0.4) is 0 Å². The maximum Gasteiger partial charge on any atom is 0.247 e. The molecule has 0 spiro atoms. The van der Waals surface area contributed by atoms with Crippen LogP contribution in [-0.2, 0) is 4.79 Å². The van der Waals surface area contributed by atoms with Crippen molar-refractivity contribution in [3.8, 4) is 0 Å². The molecule has 1 atom stereocenters. The molecule has 1 amide bonds. The SMILES string of the molecule is CC(C)NC(=O)C(Nc1ccccc1)c1ccccc1. The summed E-state index contributed by atoms with van der Waals surface area (Å²) in [4.78, 5) is 12.4. The zero-order valence-electron chi connectivity index (χ0n) is 11.8. The molecule has 2 rings (SSSR count). The zero-order valence-corrected chi connectivity index (χ0v) is 11.8. The monoisotopic (exact) mass is 268 g/mol. The van der Waals surface area contributed by atoms with Crippen LogP contribution in [0.25, 0.3) is 0 Å². The normalized spacial score (nSPS) is 11.9. The number of anilines is 1. The molecule has 2 aromatic carbocycles. The Morgan fingerprint density at radius 3 is 2.00 bits per heavy atom. The first-order valence-electron chi connectivity index (χ1n) is 6.83. The third-order valence-electron chi connectivity index (χ3n) is 2.91. The van der Waals surface area contributed by atoms with E-state index in [2.05, 4.69) is 10.6 Å². The molecule has 3 heteroatoms. The third-order valence-corrected chi connectivity index (χ3v) is 2.91. The van der Waals surface area contributed by atoms with E-state index in [1.165, 1.54) is 0 Å². The van der Waals surface area contributed by atoms with Crippen LogP contribution in [0.1, 0.15) is 25.5 Å². The first kappa shape index (κ1) is 14.1. The molecule has 0 saturated heterocycles. The second-order valence-electron chi connectivity index (χ2n) is 5.02. The molecule has 1 unspecified atom stereocenters. The van der Waals surface area contributed by atoms with Gasteiger partial charge in [0.25, 0.3) is 0 Å². The van der Waals surface area contributed by atoms with Gasteiger partial charge in [-0.2, -0.15) is 0 Å². The van der Waals surface area contributed by atoms with Gasteiger partial charge in [0.05, 0.1) is 0 Å². The Labute approximate surface area is 120 Å². The number of carbonyl (C=O) groups is 1. The lowest BCUT2D eigenvalue weighted by molar-refractivity contribution is -0.122. The van der Waals surface area contributed by atoms with Gasteiger partial charge in [-0.1, -0.05) is 48.5 Å². The summed E-state index contributed by atoms with van der Waals surface area (Å²) in [5.74, 6) is -0.0185. The summed E-state index contributed by atoms with van der Waals surface area (Å²) >= 11 is 0. The summed E-state index contributed by atoms with van der Waals surface area (Å²) in [6, 6.07) is 19.2. The highest BCUT2D eigenvalue weighted by Gasteiger charge is 2.20. The fourth-order valence-corrected chi connectivity index (χ4v) is 2.01. The van der Waals surface area contributed by atoms with Crippen LogP contribution in [0.15, 0.2) is 60.7 Å². The van der Waals surface area contributed by atoms with Crippen LogP contribution in [0.5, 0.6) is 0 Å². The van der Waals surface area contributed by atoms with Gasteiger partial charge in [0, 0.05) is 11.7 Å². The number of carbonyl (C=O) groups excluding carboxylic acids is 1. The number of amides is 1. The highest BCUT2D eigenvalue weighted by atomic mass is 16.2. The van der Waals surface area contributed by atoms with Crippen LogP contribution in [0.4, 0.5) is 5.69 Å². The first-order chi connectivity index (χ1) is 9.66. The molecule has 0 bridgehead atoms. The van der Waals surface area contributed by atoms with E-state index in [-0.39, 0.29) is 18.0 Å². The van der Waals surface area contributed by atoms with Crippen molar-refractivity contribution in [2.45, 2.75) is 25.9 Å². The molecule has 20 heavy (non-hydrogen) atoms. The van der Waals surface area contributed by atoms with Crippen molar-refractivity contribution in [3.63, 3.8) is 0 Å². The Morgan fingerprint density at radius 2 is 1.45 bits per heavy atom. The molecule has 0 fully saturated rings. The predicted molar refractivity (Wildman–Crippen MR) is 82.5 cm³/mol. The van der Waals surface area contributed by atoms with Gasteiger partial charge >= 0.3 is 0 Å². The Bertz CT molecular complexity index is 537. The van der Waals surface area contributed by atoms with Crippen LogP contribution in [0.2, 0.25) is 0 Å². The standard InChI is InChI=1S/C17H20N2O/c1-13(2)18-17(20)16(14-9-5-3-6-10-14)19-15-11-7-4-8-12-15/h3-13,16,19H,1-2H3,(H,18,20). The number of nitrogens with one attached hydrogen (secondary N) is 2. The fraction of sp³-hybridized carbons (Fsp3) is 0.235. The Hall–Kier alpha value is -2.29. The summed E-state index contributed by atoms with van der Waals surface area (Å²) in [5, 5.41) is 6.25. The average molecular weight is 268 g/mol. The Morgan fingerprint density at radius 1 is 0.900 bits per heavy atom. The maximum absolute atomic E-state index is 12.4. The number of rotatable bonds is 5. The molecule has 0 aliphatic rings. The molecule has 0 saturated carbocycles. The van der Waals surface area contributed by atoms with Crippen LogP contribution in [-0.4, -0.2) is 11.9 Å². The lowest BCUT2D eigenvalue weighted by atomic mass is 10.1. The molecule has 2 N–H and O–H groups in total. The Kier molecular flexibility index (Phi) is 4.77. The number of para-hydroxylation sites is 1. The second kappa shape index (κ2) is 6.75. The third kappa shape index (κ3) is 3.85. The topological polar surface area (TPSA) is 41.1 Å². The smallest absolute Gasteiger partial charge is 0.247 e. The number of hydrogen-bond donors (Lipinski definition) is 2. The van der Waals surface area contributed by atoms with E-state index in [0.717, 1.165) is 11.3 Å². The lowest BCUT2D eigenvalue weighted by Gasteiger charge is -2.21. The minimum atomic E-state index is -0.388. The van der Waals surface area contributed by atoms with Crippen molar-refractivity contribution in [1.29, 1.82) is 0 Å². The minimum Gasteiger partial charge on any atom is -0.370 e. The summed E-state index contributed by atoms with van der Waals surface area (Å²) in [7, 11) is 0. The van der Waals surface area contributed by atoms with Gasteiger partial charge in [-0.3, -0.25) is 4.79 Å². The van der Waals surface area contributed by atoms with E-state index in [9.17, 15) is 4.79 Å². The highest BCUT2D eigenvalue weighted by Crippen LogP contribution is 2.19. The van der Waals surface area contributed by atoms with Gasteiger partial charge in [0.15, 0.2) is 0 Å². The molecule has 104 valence electrons. The summed E-state index contributed by atoms with van der Waals surface area (Å²) < 4.78 is 0. The van der Waals surface area contributed by atoms with Crippen molar-refractivity contribution in [2.24, 2.45) is 0 Å². The van der Waals surface area contributed by atoms with E-state index in [0.29, 0.717) is 0 Å². The largest absolute Gasteiger partial charge is 0.370 e. The van der Waals surface area contributed by atoms with Gasteiger partial charge in [0.2, 0.25) is 5.91 Å². The molecule has 0 aliphatic carbocycles. The van der Waals surface area contributed by atoms with E-state index in [4.69, 9.17) is 0 Å². The number of benzene rings is 2. The maximum atomic E-state index is 12.4. The Balaban J connectivity index is 2.23. The van der Waals surface area contributed by atoms with Crippen molar-refractivity contribution >= 4 is 11.6 Å². The second-order valence-corrected chi connectivity index (χ2v) is 5.02. The van der Waals surface area contributed by atoms with Gasteiger partial charge < -0.3 is 10.6 Å². The quantitative estimate of drug-likeness (QED) is 0.873. The summed E-state index contributed by atoms with van der Waals surface area (Å²) in [6.45, 7) is 3.92.